The lowest BCUT2D eigenvalue weighted by Crippen LogP contribution is -2.51. The second-order valence-electron chi connectivity index (χ2n) is 7.85. The minimum Gasteiger partial charge on any atom is -0.379 e. The Morgan fingerprint density at radius 1 is 1.30 bits per heavy atom. The van der Waals surface area contributed by atoms with Gasteiger partial charge in [-0.15, -0.1) is 0 Å². The number of fused-ring (bicyclic) bond motifs is 1. The highest BCUT2D eigenvalue weighted by Crippen LogP contribution is 2.27. The lowest BCUT2D eigenvalue weighted by molar-refractivity contribution is -0.123. The minimum absolute atomic E-state index is 0.0230. The summed E-state index contributed by atoms with van der Waals surface area (Å²) in [5.74, 6) is 0.380. The van der Waals surface area contributed by atoms with Crippen molar-refractivity contribution < 1.29 is 14.3 Å². The minimum atomic E-state index is -0.134. The van der Waals surface area contributed by atoms with Crippen LogP contribution >= 0.6 is 0 Å². The fraction of sp³-hybridized carbons (Fsp3) is 0.619. The number of carbonyl (C=O) groups excluding carboxylic acids is 2. The maximum absolute atomic E-state index is 12.4. The first kappa shape index (κ1) is 19.8. The zero-order valence-electron chi connectivity index (χ0n) is 16.4. The molecule has 0 aliphatic carbocycles. The third-order valence-corrected chi connectivity index (χ3v) is 5.62. The molecular formula is C21H31N3O3. The van der Waals surface area contributed by atoms with Crippen molar-refractivity contribution in [3.8, 4) is 0 Å². The van der Waals surface area contributed by atoms with Crippen LogP contribution in [0.4, 0.5) is 5.69 Å². The largest absolute Gasteiger partial charge is 0.379 e. The van der Waals surface area contributed by atoms with E-state index in [2.05, 4.69) is 29.4 Å². The topological polar surface area (TPSA) is 70.7 Å². The van der Waals surface area contributed by atoms with Crippen LogP contribution in [-0.4, -0.2) is 55.6 Å². The first-order chi connectivity index (χ1) is 13.0. The van der Waals surface area contributed by atoms with Gasteiger partial charge in [0.1, 0.15) is 0 Å². The summed E-state index contributed by atoms with van der Waals surface area (Å²) >= 11 is 0. The number of carbonyl (C=O) groups is 2. The van der Waals surface area contributed by atoms with E-state index in [1.807, 2.05) is 24.3 Å². The number of nitrogens with zero attached hydrogens (tertiary/aromatic N) is 1. The fourth-order valence-electron chi connectivity index (χ4n) is 3.95. The molecule has 0 saturated carbocycles. The van der Waals surface area contributed by atoms with Gasteiger partial charge in [-0.1, -0.05) is 32.0 Å². The van der Waals surface area contributed by atoms with Crippen LogP contribution in [0, 0.1) is 11.8 Å². The van der Waals surface area contributed by atoms with E-state index in [0.717, 1.165) is 37.6 Å². The standard InChI is InChI=1S/C21H31N3O3/c1-15(2)19(24-9-11-27-12-10-24)14-22-20(25)8-7-17-13-16-5-3-4-6-18(16)23-21(17)26/h3-6,15,17,19H,7-14H2,1-2H3,(H,22,25)(H,23,26). The Labute approximate surface area is 161 Å². The molecule has 1 fully saturated rings. The van der Waals surface area contributed by atoms with E-state index in [0.29, 0.717) is 37.8 Å². The Hall–Kier alpha value is -1.92. The molecule has 0 aromatic heterocycles. The van der Waals surface area contributed by atoms with Crippen molar-refractivity contribution in [2.75, 3.05) is 38.2 Å². The van der Waals surface area contributed by atoms with Crippen LogP contribution in [0.2, 0.25) is 0 Å². The van der Waals surface area contributed by atoms with Crippen LogP contribution in [0.1, 0.15) is 32.3 Å². The molecule has 3 rings (SSSR count). The van der Waals surface area contributed by atoms with E-state index in [1.165, 1.54) is 0 Å². The second kappa shape index (κ2) is 9.33. The third-order valence-electron chi connectivity index (χ3n) is 5.62. The Morgan fingerprint density at radius 2 is 2.04 bits per heavy atom. The number of hydrogen-bond acceptors (Lipinski definition) is 4. The van der Waals surface area contributed by atoms with Crippen molar-refractivity contribution in [3.63, 3.8) is 0 Å². The number of rotatable bonds is 7. The summed E-state index contributed by atoms with van der Waals surface area (Å²) in [6.45, 7) is 8.38. The molecule has 0 bridgehead atoms. The molecule has 148 valence electrons. The monoisotopic (exact) mass is 373 g/mol. The van der Waals surface area contributed by atoms with Gasteiger partial charge in [-0.25, -0.2) is 0 Å². The van der Waals surface area contributed by atoms with Crippen molar-refractivity contribution in [2.24, 2.45) is 11.8 Å². The number of ether oxygens (including phenoxy) is 1. The van der Waals surface area contributed by atoms with Gasteiger partial charge in [-0.05, 0) is 30.4 Å². The molecule has 0 spiro atoms. The van der Waals surface area contributed by atoms with Crippen molar-refractivity contribution in [1.82, 2.24) is 10.2 Å². The molecule has 0 radical (unpaired) electrons. The van der Waals surface area contributed by atoms with E-state index >= 15 is 0 Å². The lowest BCUT2D eigenvalue weighted by Gasteiger charge is -2.37. The Morgan fingerprint density at radius 3 is 2.78 bits per heavy atom. The first-order valence-electron chi connectivity index (χ1n) is 10.0. The predicted molar refractivity (Wildman–Crippen MR) is 106 cm³/mol. The highest BCUT2D eigenvalue weighted by atomic mass is 16.5. The maximum Gasteiger partial charge on any atom is 0.227 e. The van der Waals surface area contributed by atoms with Crippen LogP contribution in [0.5, 0.6) is 0 Å². The van der Waals surface area contributed by atoms with Gasteiger partial charge in [0.2, 0.25) is 11.8 Å². The third kappa shape index (κ3) is 5.30. The zero-order valence-corrected chi connectivity index (χ0v) is 16.4. The normalized spacial score (nSPS) is 21.4. The highest BCUT2D eigenvalue weighted by molar-refractivity contribution is 5.96. The molecule has 2 aliphatic heterocycles. The molecule has 1 aromatic rings. The van der Waals surface area contributed by atoms with E-state index in [4.69, 9.17) is 4.74 Å². The van der Waals surface area contributed by atoms with E-state index in [1.54, 1.807) is 0 Å². The smallest absolute Gasteiger partial charge is 0.227 e. The number of nitrogens with one attached hydrogen (secondary N) is 2. The summed E-state index contributed by atoms with van der Waals surface area (Å²) in [5.41, 5.74) is 2.04. The molecule has 6 nitrogen and oxygen atoms in total. The second-order valence-corrected chi connectivity index (χ2v) is 7.85. The molecule has 6 heteroatoms. The average molecular weight is 373 g/mol. The Balaban J connectivity index is 1.46. The maximum atomic E-state index is 12.4. The average Bonchev–Trinajstić information content (AvgIpc) is 2.67. The summed E-state index contributed by atoms with van der Waals surface area (Å²) in [7, 11) is 0. The molecule has 2 unspecified atom stereocenters. The fourth-order valence-corrected chi connectivity index (χ4v) is 3.95. The summed E-state index contributed by atoms with van der Waals surface area (Å²) in [6, 6.07) is 8.19. The number of benzene rings is 1. The molecule has 2 aliphatic rings. The number of para-hydroxylation sites is 1. The lowest BCUT2D eigenvalue weighted by atomic mass is 9.89. The number of hydrogen-bond donors (Lipinski definition) is 2. The van der Waals surface area contributed by atoms with Gasteiger partial charge in [0.25, 0.3) is 0 Å². The van der Waals surface area contributed by atoms with Crippen LogP contribution in [0.15, 0.2) is 24.3 Å². The summed E-state index contributed by atoms with van der Waals surface area (Å²) < 4.78 is 5.43. The molecule has 2 heterocycles. The quantitative estimate of drug-likeness (QED) is 0.767. The zero-order chi connectivity index (χ0) is 19.2. The molecule has 1 aromatic carbocycles. The predicted octanol–water partition coefficient (Wildman–Crippen LogP) is 2.05. The van der Waals surface area contributed by atoms with Gasteiger partial charge in [-0.2, -0.15) is 0 Å². The molecule has 1 saturated heterocycles. The van der Waals surface area contributed by atoms with Gasteiger partial charge >= 0.3 is 0 Å². The van der Waals surface area contributed by atoms with Crippen LogP contribution in [-0.2, 0) is 20.7 Å². The van der Waals surface area contributed by atoms with Gasteiger partial charge in [0.15, 0.2) is 0 Å². The van der Waals surface area contributed by atoms with E-state index < -0.39 is 0 Å². The first-order valence-corrected chi connectivity index (χ1v) is 10.0. The highest BCUT2D eigenvalue weighted by Gasteiger charge is 2.27. The summed E-state index contributed by atoms with van der Waals surface area (Å²) in [4.78, 5) is 27.0. The van der Waals surface area contributed by atoms with E-state index in [9.17, 15) is 9.59 Å². The van der Waals surface area contributed by atoms with E-state index in [-0.39, 0.29) is 17.7 Å². The van der Waals surface area contributed by atoms with Gasteiger partial charge < -0.3 is 15.4 Å². The van der Waals surface area contributed by atoms with Gasteiger partial charge in [0.05, 0.1) is 13.2 Å². The molecule has 2 amide bonds. The number of amides is 2. The van der Waals surface area contributed by atoms with Crippen molar-refractivity contribution in [1.29, 1.82) is 0 Å². The number of anilines is 1. The summed E-state index contributed by atoms with van der Waals surface area (Å²) in [5, 5.41) is 6.03. The van der Waals surface area contributed by atoms with Crippen LogP contribution in [0.3, 0.4) is 0 Å². The molecular weight excluding hydrogens is 342 g/mol. The van der Waals surface area contributed by atoms with Gasteiger partial charge in [-0.3, -0.25) is 14.5 Å². The van der Waals surface area contributed by atoms with Crippen molar-refractivity contribution >= 4 is 17.5 Å². The van der Waals surface area contributed by atoms with Gasteiger partial charge in [0, 0.05) is 43.7 Å². The van der Waals surface area contributed by atoms with Crippen molar-refractivity contribution in [2.45, 2.75) is 39.2 Å². The Bertz CT molecular complexity index is 656. The van der Waals surface area contributed by atoms with Crippen LogP contribution < -0.4 is 10.6 Å². The molecule has 2 N–H and O–H groups in total. The van der Waals surface area contributed by atoms with Crippen molar-refractivity contribution in [3.05, 3.63) is 29.8 Å². The van der Waals surface area contributed by atoms with Crippen LogP contribution in [0.25, 0.3) is 0 Å². The number of morpholine rings is 1. The molecule has 2 atom stereocenters. The molecule has 27 heavy (non-hydrogen) atoms. The SMILES string of the molecule is CC(C)C(CNC(=O)CCC1Cc2ccccc2NC1=O)N1CCOCC1. The Kier molecular flexibility index (Phi) is 6.85. The summed E-state index contributed by atoms with van der Waals surface area (Å²) in [6.07, 6.45) is 1.67.